The number of benzene rings is 2. The highest BCUT2D eigenvalue weighted by Crippen LogP contribution is 2.34. The average molecular weight is 348 g/mol. The monoisotopic (exact) mass is 348 g/mol. The highest BCUT2D eigenvalue weighted by atomic mass is 32.2. The molecule has 0 unspecified atom stereocenters. The third-order valence-electron chi connectivity index (χ3n) is 3.53. The second-order valence-corrected chi connectivity index (χ2v) is 8.01. The lowest BCUT2D eigenvalue weighted by Crippen LogP contribution is -2.45. The van der Waals surface area contributed by atoms with Crippen molar-refractivity contribution < 1.29 is 13.2 Å². The summed E-state index contributed by atoms with van der Waals surface area (Å²) >= 11 is 1.65. The van der Waals surface area contributed by atoms with Crippen molar-refractivity contribution in [3.05, 3.63) is 54.1 Å². The number of anilines is 1. The van der Waals surface area contributed by atoms with Crippen LogP contribution in [0.3, 0.4) is 0 Å². The summed E-state index contributed by atoms with van der Waals surface area (Å²) in [6.45, 7) is 2.34. The van der Waals surface area contributed by atoms with Gasteiger partial charge >= 0.3 is 6.03 Å². The summed E-state index contributed by atoms with van der Waals surface area (Å²) in [6.07, 6.45) is 0. The van der Waals surface area contributed by atoms with Gasteiger partial charge in [-0.2, -0.15) is 0 Å². The fraction of sp³-hybridized carbons (Fsp3) is 0.188. The van der Waals surface area contributed by atoms with E-state index in [9.17, 15) is 13.2 Å². The van der Waals surface area contributed by atoms with Gasteiger partial charge in [-0.25, -0.2) is 17.9 Å². The van der Waals surface area contributed by atoms with Crippen LogP contribution in [0.4, 0.5) is 10.5 Å². The molecule has 1 aliphatic rings. The number of hydrogen-bond acceptors (Lipinski definition) is 4. The molecule has 0 saturated heterocycles. The van der Waals surface area contributed by atoms with Gasteiger partial charge in [0.2, 0.25) is 0 Å². The number of rotatable bonds is 2. The normalized spacial score (nSPS) is 14.2. The Morgan fingerprint density at radius 2 is 1.83 bits per heavy atom. The SMILES string of the molecule is Cc1ccc(S(=O)(=O)NC(=O)N2CCSc3ccccc32)cc1. The molecule has 7 heteroatoms. The average Bonchev–Trinajstić information content (AvgIpc) is 2.54. The lowest BCUT2D eigenvalue weighted by molar-refractivity contribution is 0.251. The Morgan fingerprint density at radius 3 is 2.57 bits per heavy atom. The van der Waals surface area contributed by atoms with Crippen molar-refractivity contribution in [1.29, 1.82) is 0 Å². The van der Waals surface area contributed by atoms with Crippen LogP contribution < -0.4 is 9.62 Å². The molecule has 5 nitrogen and oxygen atoms in total. The molecule has 120 valence electrons. The summed E-state index contributed by atoms with van der Waals surface area (Å²) in [5.74, 6) is 0.731. The van der Waals surface area contributed by atoms with Crippen LogP contribution in [-0.2, 0) is 10.0 Å². The van der Waals surface area contributed by atoms with Crippen LogP contribution >= 0.6 is 11.8 Å². The number of urea groups is 1. The van der Waals surface area contributed by atoms with Crippen molar-refractivity contribution in [2.75, 3.05) is 17.2 Å². The van der Waals surface area contributed by atoms with E-state index >= 15 is 0 Å². The van der Waals surface area contributed by atoms with E-state index in [-0.39, 0.29) is 4.90 Å². The maximum Gasteiger partial charge on any atom is 0.335 e. The van der Waals surface area contributed by atoms with E-state index in [0.29, 0.717) is 6.54 Å². The van der Waals surface area contributed by atoms with Crippen molar-refractivity contribution in [3.63, 3.8) is 0 Å². The first-order valence-corrected chi connectivity index (χ1v) is 9.57. The first-order valence-electron chi connectivity index (χ1n) is 7.10. The molecular formula is C16H16N2O3S2. The summed E-state index contributed by atoms with van der Waals surface area (Å²) in [4.78, 5) is 15.0. The number of amides is 2. The predicted octanol–water partition coefficient (Wildman–Crippen LogP) is 3.01. The zero-order valence-corrected chi connectivity index (χ0v) is 14.2. The van der Waals surface area contributed by atoms with Crippen LogP contribution in [0, 0.1) is 6.92 Å². The molecule has 0 radical (unpaired) electrons. The van der Waals surface area contributed by atoms with Gasteiger partial charge in [0.05, 0.1) is 10.6 Å². The Morgan fingerprint density at radius 1 is 1.13 bits per heavy atom. The van der Waals surface area contributed by atoms with Gasteiger partial charge in [0.1, 0.15) is 0 Å². The fourth-order valence-corrected chi connectivity index (χ4v) is 4.27. The van der Waals surface area contributed by atoms with Gasteiger partial charge in [-0.1, -0.05) is 29.8 Å². The molecule has 3 rings (SSSR count). The summed E-state index contributed by atoms with van der Waals surface area (Å²) in [5, 5.41) is 0. The van der Waals surface area contributed by atoms with Crippen LogP contribution in [0.15, 0.2) is 58.3 Å². The van der Waals surface area contributed by atoms with Crippen LogP contribution in [0.1, 0.15) is 5.56 Å². The van der Waals surface area contributed by atoms with E-state index in [1.165, 1.54) is 17.0 Å². The smallest absolute Gasteiger partial charge is 0.292 e. The fourth-order valence-electron chi connectivity index (χ4n) is 2.33. The highest BCUT2D eigenvalue weighted by molar-refractivity contribution is 7.99. The van der Waals surface area contributed by atoms with Crippen LogP contribution in [-0.4, -0.2) is 26.7 Å². The molecule has 2 amide bonds. The van der Waals surface area contributed by atoms with Crippen molar-refractivity contribution in [3.8, 4) is 0 Å². The summed E-state index contributed by atoms with van der Waals surface area (Å²) in [5.41, 5.74) is 1.69. The van der Waals surface area contributed by atoms with Gasteiger partial charge in [0.25, 0.3) is 10.0 Å². The topological polar surface area (TPSA) is 66.5 Å². The molecule has 23 heavy (non-hydrogen) atoms. The van der Waals surface area contributed by atoms with E-state index in [4.69, 9.17) is 0 Å². The maximum absolute atomic E-state index is 12.4. The number of fused-ring (bicyclic) bond motifs is 1. The maximum atomic E-state index is 12.4. The molecular weight excluding hydrogens is 332 g/mol. The van der Waals surface area contributed by atoms with E-state index < -0.39 is 16.1 Å². The van der Waals surface area contributed by atoms with Crippen molar-refractivity contribution in [1.82, 2.24) is 4.72 Å². The Bertz CT molecular complexity index is 833. The molecule has 0 spiro atoms. The third kappa shape index (κ3) is 3.35. The molecule has 0 fully saturated rings. The largest absolute Gasteiger partial charge is 0.335 e. The lowest BCUT2D eigenvalue weighted by Gasteiger charge is -2.28. The molecule has 0 saturated carbocycles. The summed E-state index contributed by atoms with van der Waals surface area (Å²) < 4.78 is 26.8. The van der Waals surface area contributed by atoms with E-state index in [0.717, 1.165) is 21.9 Å². The number of thioether (sulfide) groups is 1. The zero-order valence-electron chi connectivity index (χ0n) is 12.5. The Balaban J connectivity index is 1.84. The number of nitrogens with zero attached hydrogens (tertiary/aromatic N) is 1. The Kier molecular flexibility index (Phi) is 4.32. The van der Waals surface area contributed by atoms with Crippen molar-refractivity contribution >= 4 is 33.5 Å². The number of carbonyl (C=O) groups excluding carboxylic acids is 1. The van der Waals surface area contributed by atoms with Gasteiger partial charge in [0, 0.05) is 17.2 Å². The Labute approximate surface area is 139 Å². The number of para-hydroxylation sites is 1. The first kappa shape index (κ1) is 15.9. The first-order chi connectivity index (χ1) is 11.0. The number of aryl methyl sites for hydroxylation is 1. The summed E-state index contributed by atoms with van der Waals surface area (Å²) in [6, 6.07) is 13.2. The molecule has 2 aromatic carbocycles. The quantitative estimate of drug-likeness (QED) is 0.906. The molecule has 1 aliphatic heterocycles. The van der Waals surface area contributed by atoms with Gasteiger partial charge in [-0.05, 0) is 31.2 Å². The molecule has 0 aromatic heterocycles. The van der Waals surface area contributed by atoms with E-state index in [2.05, 4.69) is 4.72 Å². The van der Waals surface area contributed by atoms with Crippen molar-refractivity contribution in [2.45, 2.75) is 16.7 Å². The molecule has 0 atom stereocenters. The minimum Gasteiger partial charge on any atom is -0.292 e. The second kappa shape index (κ2) is 6.25. The van der Waals surface area contributed by atoms with E-state index in [1.807, 2.05) is 31.2 Å². The number of carbonyl (C=O) groups is 1. The highest BCUT2D eigenvalue weighted by Gasteiger charge is 2.26. The molecule has 0 bridgehead atoms. The van der Waals surface area contributed by atoms with Crippen LogP contribution in [0.25, 0.3) is 0 Å². The molecule has 0 aliphatic carbocycles. The zero-order chi connectivity index (χ0) is 16.4. The minimum absolute atomic E-state index is 0.0797. The number of nitrogens with one attached hydrogen (secondary N) is 1. The molecule has 2 aromatic rings. The number of hydrogen-bond donors (Lipinski definition) is 1. The Hall–Kier alpha value is -1.99. The van der Waals surface area contributed by atoms with Gasteiger partial charge in [0.15, 0.2) is 0 Å². The minimum atomic E-state index is -3.88. The predicted molar refractivity (Wildman–Crippen MR) is 91.4 cm³/mol. The van der Waals surface area contributed by atoms with E-state index in [1.54, 1.807) is 23.9 Å². The van der Waals surface area contributed by atoms with Crippen LogP contribution in [0.5, 0.6) is 0 Å². The standard InChI is InChI=1S/C16H16N2O3S2/c1-12-6-8-13(9-7-12)23(20,21)17-16(19)18-10-11-22-15-5-3-2-4-14(15)18/h2-9H,10-11H2,1H3,(H,17,19). The molecule has 1 N–H and O–H groups in total. The number of sulfonamides is 1. The third-order valence-corrected chi connectivity index (χ3v) is 5.91. The van der Waals surface area contributed by atoms with Gasteiger partial charge in [-0.3, -0.25) is 4.90 Å². The van der Waals surface area contributed by atoms with Gasteiger partial charge < -0.3 is 0 Å². The molecule has 1 heterocycles. The van der Waals surface area contributed by atoms with Gasteiger partial charge in [-0.15, -0.1) is 11.8 Å². The summed E-state index contributed by atoms with van der Waals surface area (Å²) in [7, 11) is -3.88. The van der Waals surface area contributed by atoms with Crippen LogP contribution in [0.2, 0.25) is 0 Å². The lowest BCUT2D eigenvalue weighted by atomic mass is 10.2. The van der Waals surface area contributed by atoms with Crippen molar-refractivity contribution in [2.24, 2.45) is 0 Å². The second-order valence-electron chi connectivity index (χ2n) is 5.19.